The van der Waals surface area contributed by atoms with Crippen LogP contribution >= 0.6 is 11.3 Å². The molecule has 78 valence electrons. The lowest BCUT2D eigenvalue weighted by molar-refractivity contribution is 0.294. The van der Waals surface area contributed by atoms with E-state index < -0.39 is 0 Å². The normalized spacial score (nSPS) is 21.0. The zero-order chi connectivity index (χ0) is 10.0. The Morgan fingerprint density at radius 2 is 2.14 bits per heavy atom. The van der Waals surface area contributed by atoms with Crippen molar-refractivity contribution < 1.29 is 0 Å². The summed E-state index contributed by atoms with van der Waals surface area (Å²) in [6, 6.07) is 0. The highest BCUT2D eigenvalue weighted by Crippen LogP contribution is 2.38. The van der Waals surface area contributed by atoms with Crippen LogP contribution in [0, 0.1) is 6.92 Å². The van der Waals surface area contributed by atoms with Gasteiger partial charge in [-0.15, -0.1) is 11.3 Å². The molecular weight excluding hydrogens is 192 g/mol. The van der Waals surface area contributed by atoms with Crippen LogP contribution in [0.2, 0.25) is 0 Å². The lowest BCUT2D eigenvalue weighted by atomic mass is 9.72. The van der Waals surface area contributed by atoms with Crippen molar-refractivity contribution in [3.05, 3.63) is 16.1 Å². The van der Waals surface area contributed by atoms with Gasteiger partial charge in [-0.2, -0.15) is 0 Å². The number of aryl methyl sites for hydroxylation is 1. The van der Waals surface area contributed by atoms with Crippen LogP contribution in [0.1, 0.15) is 42.8 Å². The third-order valence-corrected chi connectivity index (χ3v) is 4.14. The largest absolute Gasteiger partial charge is 0.330 e. The second kappa shape index (κ2) is 3.99. The first kappa shape index (κ1) is 10.1. The summed E-state index contributed by atoms with van der Waals surface area (Å²) >= 11 is 1.75. The molecule has 0 bridgehead atoms. The van der Waals surface area contributed by atoms with Gasteiger partial charge >= 0.3 is 0 Å². The number of hydrogen-bond donors (Lipinski definition) is 1. The van der Waals surface area contributed by atoms with E-state index >= 15 is 0 Å². The minimum Gasteiger partial charge on any atom is -0.330 e. The molecule has 1 aliphatic carbocycles. The number of nitrogens with zero attached hydrogens (tertiary/aromatic N) is 1. The van der Waals surface area contributed by atoms with Gasteiger partial charge in [-0.25, -0.2) is 4.98 Å². The fourth-order valence-corrected chi connectivity index (χ4v) is 3.14. The van der Waals surface area contributed by atoms with Crippen molar-refractivity contribution in [1.82, 2.24) is 4.98 Å². The molecule has 2 N–H and O–H groups in total. The Balaban J connectivity index is 2.26. The Labute approximate surface area is 89.5 Å². The van der Waals surface area contributed by atoms with Crippen molar-refractivity contribution in [3.8, 4) is 0 Å². The summed E-state index contributed by atoms with van der Waals surface area (Å²) in [6.07, 6.45) is 6.45. The number of nitrogens with two attached hydrogens (primary N) is 1. The Hall–Kier alpha value is -0.410. The highest BCUT2D eigenvalue weighted by atomic mass is 32.1. The summed E-state index contributed by atoms with van der Waals surface area (Å²) in [5.74, 6) is 0. The van der Waals surface area contributed by atoms with Crippen molar-refractivity contribution in [2.24, 2.45) is 5.73 Å². The molecule has 0 radical (unpaired) electrons. The minimum absolute atomic E-state index is 0.211. The van der Waals surface area contributed by atoms with E-state index in [-0.39, 0.29) is 5.41 Å². The van der Waals surface area contributed by atoms with E-state index in [2.05, 4.69) is 17.3 Å². The van der Waals surface area contributed by atoms with Crippen LogP contribution in [-0.4, -0.2) is 11.5 Å². The van der Waals surface area contributed by atoms with Crippen LogP contribution in [0.25, 0.3) is 0 Å². The van der Waals surface area contributed by atoms with E-state index in [1.54, 1.807) is 11.3 Å². The van der Waals surface area contributed by atoms with Crippen LogP contribution < -0.4 is 5.73 Å². The van der Waals surface area contributed by atoms with Crippen LogP contribution in [0.15, 0.2) is 5.38 Å². The van der Waals surface area contributed by atoms with Gasteiger partial charge in [0.2, 0.25) is 0 Å². The molecule has 2 rings (SSSR count). The first-order chi connectivity index (χ1) is 6.77. The van der Waals surface area contributed by atoms with Crippen molar-refractivity contribution in [3.63, 3.8) is 0 Å². The van der Waals surface area contributed by atoms with Crippen molar-refractivity contribution in [2.45, 2.75) is 44.4 Å². The van der Waals surface area contributed by atoms with Gasteiger partial charge in [0.05, 0.1) is 10.7 Å². The van der Waals surface area contributed by atoms with E-state index in [1.165, 1.54) is 42.8 Å². The molecule has 1 aliphatic rings. The zero-order valence-electron chi connectivity index (χ0n) is 8.75. The van der Waals surface area contributed by atoms with Gasteiger partial charge in [-0.1, -0.05) is 19.3 Å². The number of thiazole rings is 1. The molecule has 1 heterocycles. The molecule has 0 aromatic carbocycles. The highest BCUT2D eigenvalue weighted by molar-refractivity contribution is 7.09. The van der Waals surface area contributed by atoms with E-state index in [0.29, 0.717) is 0 Å². The molecule has 0 unspecified atom stereocenters. The van der Waals surface area contributed by atoms with Crippen LogP contribution in [0.5, 0.6) is 0 Å². The monoisotopic (exact) mass is 210 g/mol. The molecule has 1 aromatic rings. The van der Waals surface area contributed by atoms with Gasteiger partial charge in [0.25, 0.3) is 0 Å². The predicted molar refractivity (Wildman–Crippen MR) is 60.7 cm³/mol. The maximum Gasteiger partial charge on any atom is 0.0897 e. The topological polar surface area (TPSA) is 38.9 Å². The molecule has 1 fully saturated rings. The van der Waals surface area contributed by atoms with E-state index in [0.717, 1.165) is 6.54 Å². The molecule has 1 aromatic heterocycles. The molecule has 14 heavy (non-hydrogen) atoms. The van der Waals surface area contributed by atoms with Crippen molar-refractivity contribution >= 4 is 11.3 Å². The Morgan fingerprint density at radius 3 is 2.64 bits per heavy atom. The van der Waals surface area contributed by atoms with Crippen LogP contribution in [-0.2, 0) is 5.41 Å². The Morgan fingerprint density at radius 1 is 1.43 bits per heavy atom. The summed E-state index contributed by atoms with van der Waals surface area (Å²) in [5, 5.41) is 3.37. The molecule has 0 amide bonds. The van der Waals surface area contributed by atoms with Gasteiger partial charge in [0.1, 0.15) is 0 Å². The fraction of sp³-hybridized carbons (Fsp3) is 0.727. The molecule has 2 nitrogen and oxygen atoms in total. The average Bonchev–Trinajstić information content (AvgIpc) is 2.66. The number of aromatic nitrogens is 1. The van der Waals surface area contributed by atoms with Gasteiger partial charge in [0.15, 0.2) is 0 Å². The number of rotatable bonds is 2. The van der Waals surface area contributed by atoms with E-state index in [9.17, 15) is 0 Å². The molecule has 0 atom stereocenters. The fourth-order valence-electron chi connectivity index (χ4n) is 2.40. The number of hydrogen-bond acceptors (Lipinski definition) is 3. The van der Waals surface area contributed by atoms with Gasteiger partial charge in [-0.3, -0.25) is 0 Å². The molecule has 0 saturated heterocycles. The summed E-state index contributed by atoms with van der Waals surface area (Å²) in [5.41, 5.74) is 7.41. The van der Waals surface area contributed by atoms with Gasteiger partial charge < -0.3 is 5.73 Å². The third kappa shape index (κ3) is 1.71. The first-order valence-corrected chi connectivity index (χ1v) is 6.27. The zero-order valence-corrected chi connectivity index (χ0v) is 9.57. The lowest BCUT2D eigenvalue weighted by Gasteiger charge is -2.34. The Bertz CT molecular complexity index is 300. The molecule has 0 spiro atoms. The summed E-state index contributed by atoms with van der Waals surface area (Å²) in [6.45, 7) is 2.83. The third-order valence-electron chi connectivity index (χ3n) is 3.36. The maximum atomic E-state index is 5.94. The van der Waals surface area contributed by atoms with Crippen molar-refractivity contribution in [2.75, 3.05) is 6.54 Å². The maximum absolute atomic E-state index is 5.94. The highest BCUT2D eigenvalue weighted by Gasteiger charge is 2.34. The van der Waals surface area contributed by atoms with Gasteiger partial charge in [0, 0.05) is 17.3 Å². The predicted octanol–water partition coefficient (Wildman–Crippen LogP) is 2.61. The smallest absolute Gasteiger partial charge is 0.0897 e. The SMILES string of the molecule is Cc1nc(C2(CN)CCCCC2)cs1. The lowest BCUT2D eigenvalue weighted by Crippen LogP contribution is -2.37. The van der Waals surface area contributed by atoms with Gasteiger partial charge in [-0.05, 0) is 19.8 Å². The van der Waals surface area contributed by atoms with Crippen LogP contribution in [0.3, 0.4) is 0 Å². The van der Waals surface area contributed by atoms with Crippen LogP contribution in [0.4, 0.5) is 0 Å². The summed E-state index contributed by atoms with van der Waals surface area (Å²) in [4.78, 5) is 4.62. The summed E-state index contributed by atoms with van der Waals surface area (Å²) < 4.78 is 0. The molecule has 0 aliphatic heterocycles. The average molecular weight is 210 g/mol. The first-order valence-electron chi connectivity index (χ1n) is 5.39. The van der Waals surface area contributed by atoms with E-state index in [1.807, 2.05) is 0 Å². The molecular formula is C11H18N2S. The second-order valence-corrected chi connectivity index (χ2v) is 5.36. The van der Waals surface area contributed by atoms with E-state index in [4.69, 9.17) is 5.73 Å². The minimum atomic E-state index is 0.211. The quantitative estimate of drug-likeness (QED) is 0.815. The Kier molecular flexibility index (Phi) is 2.88. The summed E-state index contributed by atoms with van der Waals surface area (Å²) in [7, 11) is 0. The molecule has 1 saturated carbocycles. The second-order valence-electron chi connectivity index (χ2n) is 4.30. The standard InChI is InChI=1S/C11H18N2S/c1-9-13-10(7-14-9)11(8-12)5-3-2-4-6-11/h7H,2-6,8,12H2,1H3. The molecule has 3 heteroatoms. The van der Waals surface area contributed by atoms with Crippen molar-refractivity contribution in [1.29, 1.82) is 0 Å².